The highest BCUT2D eigenvalue weighted by atomic mass is 19.4. The van der Waals surface area contributed by atoms with Crippen LogP contribution in [0.1, 0.15) is 13.8 Å². The standard InChI is InChI=1S/C11H11F7O4/c1-3-21-5-6(8(20)22-4-2)7(19)9(12,13)10(14,15)11(16,17)18/h5H,3-4H2,1-2H3/b6-5-. The van der Waals surface area contributed by atoms with Crippen LogP contribution in [0, 0.1) is 0 Å². The highest BCUT2D eigenvalue weighted by Gasteiger charge is 2.76. The summed E-state index contributed by atoms with van der Waals surface area (Å²) in [5.74, 6) is -17.7. The van der Waals surface area contributed by atoms with E-state index in [1.54, 1.807) is 0 Å². The molecule has 0 aliphatic heterocycles. The summed E-state index contributed by atoms with van der Waals surface area (Å²) in [6.45, 7) is 1.78. The number of halogens is 7. The van der Waals surface area contributed by atoms with Crippen molar-refractivity contribution in [2.75, 3.05) is 13.2 Å². The van der Waals surface area contributed by atoms with Crippen LogP contribution in [-0.4, -0.2) is 43.0 Å². The van der Waals surface area contributed by atoms with Gasteiger partial charge in [-0.2, -0.15) is 30.7 Å². The third-order valence-electron chi connectivity index (χ3n) is 2.14. The summed E-state index contributed by atoms with van der Waals surface area (Å²) < 4.78 is 96.5. The number of hydrogen-bond donors (Lipinski definition) is 0. The van der Waals surface area contributed by atoms with Crippen molar-refractivity contribution in [3.05, 3.63) is 11.8 Å². The van der Waals surface area contributed by atoms with Crippen molar-refractivity contribution in [3.63, 3.8) is 0 Å². The Morgan fingerprint density at radius 1 is 0.955 bits per heavy atom. The number of hydrogen-bond acceptors (Lipinski definition) is 4. The molecule has 4 nitrogen and oxygen atoms in total. The van der Waals surface area contributed by atoms with Crippen molar-refractivity contribution in [2.45, 2.75) is 31.9 Å². The maximum atomic E-state index is 13.2. The molecule has 0 unspecified atom stereocenters. The number of carbonyl (C=O) groups excluding carboxylic acids is 2. The summed E-state index contributed by atoms with van der Waals surface area (Å²) in [5.41, 5.74) is -1.75. The molecule has 0 aromatic rings. The molecule has 0 aliphatic rings. The van der Waals surface area contributed by atoms with Crippen LogP contribution >= 0.6 is 0 Å². The normalized spacial score (nSPS) is 13.8. The van der Waals surface area contributed by atoms with Crippen LogP contribution in [0.3, 0.4) is 0 Å². The lowest BCUT2D eigenvalue weighted by Gasteiger charge is -2.27. The largest absolute Gasteiger partial charge is 0.500 e. The fourth-order valence-electron chi connectivity index (χ4n) is 1.06. The third kappa shape index (κ3) is 3.89. The van der Waals surface area contributed by atoms with Gasteiger partial charge in [0.15, 0.2) is 0 Å². The first-order valence-electron chi connectivity index (χ1n) is 5.70. The summed E-state index contributed by atoms with van der Waals surface area (Å²) in [5, 5.41) is 0. The van der Waals surface area contributed by atoms with E-state index in [1.165, 1.54) is 13.8 Å². The maximum Gasteiger partial charge on any atom is 0.460 e. The van der Waals surface area contributed by atoms with E-state index >= 15 is 0 Å². The Labute approximate surface area is 119 Å². The molecule has 0 bridgehead atoms. The Morgan fingerprint density at radius 2 is 1.45 bits per heavy atom. The van der Waals surface area contributed by atoms with E-state index in [0.717, 1.165) is 0 Å². The van der Waals surface area contributed by atoms with Gasteiger partial charge in [-0.25, -0.2) is 4.79 Å². The first-order chi connectivity index (χ1) is 9.84. The second-order valence-electron chi connectivity index (χ2n) is 3.68. The molecule has 128 valence electrons. The second-order valence-corrected chi connectivity index (χ2v) is 3.68. The lowest BCUT2D eigenvalue weighted by atomic mass is 10.0. The molecule has 11 heteroatoms. The summed E-state index contributed by atoms with van der Waals surface area (Å²) >= 11 is 0. The van der Waals surface area contributed by atoms with Crippen molar-refractivity contribution in [3.8, 4) is 0 Å². The molecule has 0 fully saturated rings. The van der Waals surface area contributed by atoms with Gasteiger partial charge >= 0.3 is 24.0 Å². The average Bonchev–Trinajstić information content (AvgIpc) is 2.37. The molecule has 0 spiro atoms. The molecule has 22 heavy (non-hydrogen) atoms. The zero-order valence-electron chi connectivity index (χ0n) is 11.3. The van der Waals surface area contributed by atoms with Crippen LogP contribution in [0.2, 0.25) is 0 Å². The van der Waals surface area contributed by atoms with Crippen molar-refractivity contribution in [1.82, 2.24) is 0 Å². The summed E-state index contributed by atoms with van der Waals surface area (Å²) in [6, 6.07) is 0. The Morgan fingerprint density at radius 3 is 1.82 bits per heavy atom. The Hall–Kier alpha value is -1.81. The first-order valence-corrected chi connectivity index (χ1v) is 5.70. The molecular weight excluding hydrogens is 329 g/mol. The number of esters is 1. The van der Waals surface area contributed by atoms with Crippen LogP contribution in [0.15, 0.2) is 11.8 Å². The minimum Gasteiger partial charge on any atom is -0.500 e. The lowest BCUT2D eigenvalue weighted by Crippen LogP contribution is -2.57. The highest BCUT2D eigenvalue weighted by Crippen LogP contribution is 2.47. The van der Waals surface area contributed by atoms with Crippen molar-refractivity contribution in [2.24, 2.45) is 0 Å². The maximum absolute atomic E-state index is 13.2. The molecule has 0 saturated heterocycles. The van der Waals surface area contributed by atoms with Crippen LogP contribution in [-0.2, 0) is 19.1 Å². The van der Waals surface area contributed by atoms with Gasteiger partial charge in [0.1, 0.15) is 11.8 Å². The molecule has 0 amide bonds. The number of rotatable bonds is 7. The molecular formula is C11H11F7O4. The predicted octanol–water partition coefficient (Wildman–Crippen LogP) is 2.87. The molecule has 0 aromatic heterocycles. The topological polar surface area (TPSA) is 52.6 Å². The first kappa shape index (κ1) is 20.2. The number of carbonyl (C=O) groups is 2. The average molecular weight is 340 g/mol. The Bertz CT molecular complexity index is 454. The Kier molecular flexibility index (Phi) is 6.39. The molecule has 0 aromatic carbocycles. The molecule has 0 atom stereocenters. The van der Waals surface area contributed by atoms with Gasteiger partial charge in [-0.05, 0) is 13.8 Å². The van der Waals surface area contributed by atoms with E-state index in [9.17, 15) is 40.3 Å². The predicted molar refractivity (Wildman–Crippen MR) is 57.3 cm³/mol. The quantitative estimate of drug-likeness (QED) is 0.179. The van der Waals surface area contributed by atoms with Crippen molar-refractivity contribution >= 4 is 11.8 Å². The Balaban J connectivity index is 5.78. The minimum absolute atomic E-state index is 0.0562. The van der Waals surface area contributed by atoms with E-state index < -0.39 is 42.0 Å². The van der Waals surface area contributed by atoms with E-state index in [-0.39, 0.29) is 12.9 Å². The van der Waals surface area contributed by atoms with Gasteiger partial charge in [0.05, 0.1) is 13.2 Å². The smallest absolute Gasteiger partial charge is 0.460 e. The molecule has 0 saturated carbocycles. The fourth-order valence-corrected chi connectivity index (χ4v) is 1.06. The van der Waals surface area contributed by atoms with Crippen LogP contribution in [0.5, 0.6) is 0 Å². The van der Waals surface area contributed by atoms with E-state index in [2.05, 4.69) is 9.47 Å². The molecule has 0 N–H and O–H groups in total. The lowest BCUT2D eigenvalue weighted by molar-refractivity contribution is -0.342. The van der Waals surface area contributed by atoms with Crippen molar-refractivity contribution < 1.29 is 49.8 Å². The summed E-state index contributed by atoms with van der Waals surface area (Å²) in [6.07, 6.45) is -6.64. The third-order valence-corrected chi connectivity index (χ3v) is 2.14. The molecule has 0 radical (unpaired) electrons. The number of Topliss-reactive ketones (excluding diaryl/α,β-unsaturated/α-hetero) is 1. The van der Waals surface area contributed by atoms with E-state index in [0.29, 0.717) is 0 Å². The van der Waals surface area contributed by atoms with Crippen molar-refractivity contribution in [1.29, 1.82) is 0 Å². The van der Waals surface area contributed by atoms with E-state index in [4.69, 9.17) is 0 Å². The van der Waals surface area contributed by atoms with Gasteiger partial charge in [-0.1, -0.05) is 0 Å². The number of ether oxygens (including phenoxy) is 2. The SMILES string of the molecule is CCO/C=C(\C(=O)OCC)C(=O)C(F)(F)C(F)(F)C(F)(F)F. The molecule has 0 rings (SSSR count). The second kappa shape index (κ2) is 6.97. The number of alkyl halides is 7. The van der Waals surface area contributed by atoms with Crippen LogP contribution < -0.4 is 0 Å². The van der Waals surface area contributed by atoms with Gasteiger partial charge in [-0.3, -0.25) is 4.79 Å². The summed E-state index contributed by atoms with van der Waals surface area (Å²) in [7, 11) is 0. The molecule has 0 aliphatic carbocycles. The number of ketones is 1. The van der Waals surface area contributed by atoms with Gasteiger partial charge in [0, 0.05) is 0 Å². The zero-order chi connectivity index (χ0) is 17.8. The fraction of sp³-hybridized carbons (Fsp3) is 0.636. The minimum atomic E-state index is -6.70. The highest BCUT2D eigenvalue weighted by molar-refractivity contribution is 6.20. The monoisotopic (exact) mass is 340 g/mol. The van der Waals surface area contributed by atoms with E-state index in [1.807, 2.05) is 0 Å². The molecule has 0 heterocycles. The van der Waals surface area contributed by atoms with Gasteiger partial charge in [-0.15, -0.1) is 0 Å². The zero-order valence-corrected chi connectivity index (χ0v) is 11.3. The van der Waals surface area contributed by atoms with Gasteiger partial charge < -0.3 is 9.47 Å². The van der Waals surface area contributed by atoms with Gasteiger partial charge in [0.2, 0.25) is 5.78 Å². The van der Waals surface area contributed by atoms with Gasteiger partial charge in [0.25, 0.3) is 0 Å². The summed E-state index contributed by atoms with van der Waals surface area (Å²) in [4.78, 5) is 22.6. The van der Waals surface area contributed by atoms with Crippen LogP contribution in [0.25, 0.3) is 0 Å². The van der Waals surface area contributed by atoms with Crippen LogP contribution in [0.4, 0.5) is 30.7 Å².